The molecule has 0 aromatic heterocycles. The van der Waals surface area contributed by atoms with Crippen LogP contribution in [0.25, 0.3) is 0 Å². The van der Waals surface area contributed by atoms with Crippen molar-refractivity contribution in [1.29, 1.82) is 0 Å². The van der Waals surface area contributed by atoms with Crippen molar-refractivity contribution in [3.8, 4) is 5.75 Å². The highest BCUT2D eigenvalue weighted by Crippen LogP contribution is 2.31. The van der Waals surface area contributed by atoms with Crippen molar-refractivity contribution in [2.45, 2.75) is 32.4 Å². The molecular formula is C16H24Cl2N2O. The molecule has 5 heteroatoms. The van der Waals surface area contributed by atoms with Gasteiger partial charge < -0.3 is 10.1 Å². The van der Waals surface area contributed by atoms with Gasteiger partial charge in [0, 0.05) is 42.8 Å². The Bertz CT molecular complexity index is 466. The lowest BCUT2D eigenvalue weighted by atomic mass is 10.1. The highest BCUT2D eigenvalue weighted by atomic mass is 35.5. The zero-order valence-corrected chi connectivity index (χ0v) is 14.1. The van der Waals surface area contributed by atoms with Crippen LogP contribution in [0.15, 0.2) is 18.2 Å². The molecule has 1 aromatic rings. The van der Waals surface area contributed by atoms with Crippen LogP contribution in [-0.2, 0) is 6.54 Å². The van der Waals surface area contributed by atoms with Gasteiger partial charge in [-0.15, -0.1) is 12.4 Å². The number of hydrogen-bond donors (Lipinski definition) is 1. The van der Waals surface area contributed by atoms with E-state index in [4.69, 9.17) is 16.3 Å². The van der Waals surface area contributed by atoms with Gasteiger partial charge in [-0.3, -0.25) is 4.90 Å². The van der Waals surface area contributed by atoms with E-state index in [2.05, 4.69) is 23.2 Å². The first-order chi connectivity index (χ1) is 9.70. The lowest BCUT2D eigenvalue weighted by molar-refractivity contribution is 0.195. The molecule has 2 fully saturated rings. The van der Waals surface area contributed by atoms with Gasteiger partial charge in [0.2, 0.25) is 0 Å². The van der Waals surface area contributed by atoms with Crippen molar-refractivity contribution in [3.63, 3.8) is 0 Å². The Labute approximate surface area is 138 Å². The molecule has 3 rings (SSSR count). The minimum atomic E-state index is 0. The van der Waals surface area contributed by atoms with E-state index in [1.165, 1.54) is 18.4 Å². The van der Waals surface area contributed by atoms with Crippen LogP contribution in [0.1, 0.15) is 25.3 Å². The Morgan fingerprint density at radius 3 is 2.90 bits per heavy atom. The van der Waals surface area contributed by atoms with Gasteiger partial charge in [-0.05, 0) is 43.9 Å². The maximum absolute atomic E-state index is 6.15. The lowest BCUT2D eigenvalue weighted by Crippen LogP contribution is -2.48. The van der Waals surface area contributed by atoms with E-state index in [0.717, 1.165) is 49.5 Å². The number of benzene rings is 1. The fraction of sp³-hybridized carbons (Fsp3) is 0.625. The topological polar surface area (TPSA) is 24.5 Å². The quantitative estimate of drug-likeness (QED) is 0.896. The van der Waals surface area contributed by atoms with Crippen LogP contribution < -0.4 is 10.1 Å². The monoisotopic (exact) mass is 330 g/mol. The van der Waals surface area contributed by atoms with E-state index in [1.807, 2.05) is 12.1 Å². The van der Waals surface area contributed by atoms with Crippen molar-refractivity contribution in [2.75, 3.05) is 26.2 Å². The molecule has 0 radical (unpaired) electrons. The summed E-state index contributed by atoms with van der Waals surface area (Å²) >= 11 is 6.15. The zero-order valence-electron chi connectivity index (χ0n) is 12.5. The maximum Gasteiger partial charge on any atom is 0.123 e. The normalized spacial score (nSPS) is 22.7. The van der Waals surface area contributed by atoms with Crippen molar-refractivity contribution >= 4 is 24.0 Å². The Morgan fingerprint density at radius 2 is 2.19 bits per heavy atom. The molecule has 118 valence electrons. The predicted molar refractivity (Wildman–Crippen MR) is 89.7 cm³/mol. The van der Waals surface area contributed by atoms with Crippen molar-refractivity contribution in [1.82, 2.24) is 10.2 Å². The fourth-order valence-electron chi connectivity index (χ4n) is 2.70. The summed E-state index contributed by atoms with van der Waals surface area (Å²) in [4.78, 5) is 2.47. The highest BCUT2D eigenvalue weighted by Gasteiger charge is 2.23. The molecule has 1 saturated carbocycles. The van der Waals surface area contributed by atoms with Gasteiger partial charge in [0.15, 0.2) is 0 Å². The Kier molecular flexibility index (Phi) is 6.18. The van der Waals surface area contributed by atoms with Crippen LogP contribution in [0, 0.1) is 5.92 Å². The third-order valence-corrected chi connectivity index (χ3v) is 4.28. The highest BCUT2D eigenvalue weighted by molar-refractivity contribution is 6.30. The molecule has 0 spiro atoms. The molecule has 1 atom stereocenters. The molecule has 1 aromatic carbocycles. The summed E-state index contributed by atoms with van der Waals surface area (Å²) in [5, 5.41) is 4.27. The first-order valence-electron chi connectivity index (χ1n) is 7.57. The van der Waals surface area contributed by atoms with Crippen molar-refractivity contribution in [2.24, 2.45) is 5.92 Å². The number of hydrogen-bond acceptors (Lipinski definition) is 3. The molecule has 1 saturated heterocycles. The summed E-state index contributed by atoms with van der Waals surface area (Å²) in [6.45, 7) is 7.22. The zero-order chi connectivity index (χ0) is 13.9. The molecule has 0 amide bonds. The van der Waals surface area contributed by atoms with Crippen LogP contribution in [0.2, 0.25) is 5.02 Å². The summed E-state index contributed by atoms with van der Waals surface area (Å²) < 4.78 is 5.98. The average molecular weight is 331 g/mol. The predicted octanol–water partition coefficient (Wildman–Crippen LogP) is 3.34. The summed E-state index contributed by atoms with van der Waals surface area (Å²) in [7, 11) is 0. The molecule has 1 heterocycles. The molecule has 1 aliphatic carbocycles. The minimum Gasteiger partial charge on any atom is -0.493 e. The third-order valence-electron chi connectivity index (χ3n) is 4.04. The van der Waals surface area contributed by atoms with Gasteiger partial charge >= 0.3 is 0 Å². The second kappa shape index (κ2) is 7.68. The average Bonchev–Trinajstić information content (AvgIpc) is 3.22. The van der Waals surface area contributed by atoms with E-state index < -0.39 is 0 Å². The van der Waals surface area contributed by atoms with Gasteiger partial charge in [-0.25, -0.2) is 0 Å². The Hall–Kier alpha value is -0.480. The minimum absolute atomic E-state index is 0. The number of nitrogens with zero attached hydrogens (tertiary/aromatic N) is 1. The lowest BCUT2D eigenvalue weighted by Gasteiger charge is -2.32. The third kappa shape index (κ3) is 5.03. The van der Waals surface area contributed by atoms with Gasteiger partial charge in [0.25, 0.3) is 0 Å². The molecule has 3 nitrogen and oxygen atoms in total. The molecule has 21 heavy (non-hydrogen) atoms. The van der Waals surface area contributed by atoms with Crippen molar-refractivity contribution in [3.05, 3.63) is 28.8 Å². The van der Waals surface area contributed by atoms with Crippen LogP contribution in [-0.4, -0.2) is 37.2 Å². The van der Waals surface area contributed by atoms with Crippen LogP contribution in [0.4, 0.5) is 0 Å². The first kappa shape index (κ1) is 16.9. The number of rotatable bonds is 5. The largest absolute Gasteiger partial charge is 0.493 e. The van der Waals surface area contributed by atoms with Gasteiger partial charge in [-0.1, -0.05) is 11.6 Å². The first-order valence-corrected chi connectivity index (χ1v) is 7.95. The summed E-state index contributed by atoms with van der Waals surface area (Å²) in [5.41, 5.74) is 1.22. The number of nitrogens with one attached hydrogen (secondary N) is 1. The Morgan fingerprint density at radius 1 is 1.38 bits per heavy atom. The maximum atomic E-state index is 6.15. The van der Waals surface area contributed by atoms with Crippen molar-refractivity contribution < 1.29 is 4.74 Å². The van der Waals surface area contributed by atoms with E-state index in [9.17, 15) is 0 Å². The summed E-state index contributed by atoms with van der Waals surface area (Å²) in [5.74, 6) is 1.78. The van der Waals surface area contributed by atoms with Gasteiger partial charge in [-0.2, -0.15) is 0 Å². The van der Waals surface area contributed by atoms with Crippen LogP contribution >= 0.6 is 24.0 Å². The van der Waals surface area contributed by atoms with E-state index in [-0.39, 0.29) is 12.4 Å². The summed E-state index contributed by atoms with van der Waals surface area (Å²) in [6, 6.07) is 6.55. The standard InChI is InChI=1S/C16H23ClN2O.ClH/c1-12-9-19(7-6-18-12)10-14-8-15(17)4-5-16(14)20-11-13-2-3-13;/h4-5,8,12-13,18H,2-3,6-7,9-11H2,1H3;1H/t12-;/m0./s1. The second-order valence-electron chi connectivity index (χ2n) is 6.10. The van der Waals surface area contributed by atoms with Crippen LogP contribution in [0.5, 0.6) is 5.75 Å². The van der Waals surface area contributed by atoms with Gasteiger partial charge in [0.05, 0.1) is 6.61 Å². The molecule has 0 bridgehead atoms. The Balaban J connectivity index is 0.00000161. The van der Waals surface area contributed by atoms with E-state index in [0.29, 0.717) is 6.04 Å². The number of halogens is 2. The fourth-order valence-corrected chi connectivity index (χ4v) is 2.90. The number of piperazine rings is 1. The summed E-state index contributed by atoms with van der Waals surface area (Å²) in [6.07, 6.45) is 2.64. The SMILES string of the molecule is C[C@H]1CN(Cc2cc(Cl)ccc2OCC2CC2)CCN1.Cl. The molecule has 1 N–H and O–H groups in total. The molecule has 1 aliphatic heterocycles. The van der Waals surface area contributed by atoms with Gasteiger partial charge in [0.1, 0.15) is 5.75 Å². The molecule has 2 aliphatic rings. The van der Waals surface area contributed by atoms with E-state index in [1.54, 1.807) is 0 Å². The van der Waals surface area contributed by atoms with E-state index >= 15 is 0 Å². The molecule has 0 unspecified atom stereocenters. The molecular weight excluding hydrogens is 307 g/mol. The smallest absolute Gasteiger partial charge is 0.123 e. The van der Waals surface area contributed by atoms with Crippen LogP contribution in [0.3, 0.4) is 0 Å². The number of ether oxygens (including phenoxy) is 1. The second-order valence-corrected chi connectivity index (χ2v) is 6.53.